The minimum atomic E-state index is 0.694. The Morgan fingerprint density at radius 3 is 3.13 bits per heavy atom. The van der Waals surface area contributed by atoms with Crippen molar-refractivity contribution in [1.82, 2.24) is 14.6 Å². The van der Waals surface area contributed by atoms with Gasteiger partial charge in [-0.3, -0.25) is 0 Å². The molecule has 5 heteroatoms. The highest BCUT2D eigenvalue weighted by Crippen LogP contribution is 2.12. The monoisotopic (exact) mass is 205 g/mol. The predicted octanol–water partition coefficient (Wildman–Crippen LogP) is 0.798. The quantitative estimate of drug-likeness (QED) is 0.724. The largest absolute Gasteiger partial charge is 0.370 e. The van der Waals surface area contributed by atoms with Crippen LogP contribution in [-0.4, -0.2) is 27.7 Å². The Bertz CT molecular complexity index is 448. The van der Waals surface area contributed by atoms with Gasteiger partial charge in [-0.2, -0.15) is 9.61 Å². The molecule has 15 heavy (non-hydrogen) atoms. The molecule has 2 aromatic heterocycles. The van der Waals surface area contributed by atoms with Gasteiger partial charge in [0, 0.05) is 6.54 Å². The summed E-state index contributed by atoms with van der Waals surface area (Å²) in [6, 6.07) is 4.05. The molecule has 0 aliphatic heterocycles. The van der Waals surface area contributed by atoms with Gasteiger partial charge in [-0.05, 0) is 37.6 Å². The first-order valence-corrected chi connectivity index (χ1v) is 5.05. The molecule has 0 aromatic carbocycles. The van der Waals surface area contributed by atoms with E-state index >= 15 is 0 Å². The van der Waals surface area contributed by atoms with Crippen LogP contribution in [0, 0.1) is 6.92 Å². The van der Waals surface area contributed by atoms with Crippen LogP contribution in [0.25, 0.3) is 5.65 Å². The van der Waals surface area contributed by atoms with E-state index in [1.807, 2.05) is 13.0 Å². The summed E-state index contributed by atoms with van der Waals surface area (Å²) >= 11 is 0. The van der Waals surface area contributed by atoms with Gasteiger partial charge in [0.2, 0.25) is 0 Å². The molecule has 3 N–H and O–H groups in total. The maximum absolute atomic E-state index is 5.44. The van der Waals surface area contributed by atoms with Crippen molar-refractivity contribution in [3.05, 3.63) is 24.0 Å². The maximum Gasteiger partial charge on any atom is 0.157 e. The molecular formula is C10H15N5. The van der Waals surface area contributed by atoms with E-state index in [0.717, 1.165) is 24.4 Å². The molecule has 80 valence electrons. The van der Waals surface area contributed by atoms with Crippen molar-refractivity contribution in [3.8, 4) is 0 Å². The number of anilines is 1. The van der Waals surface area contributed by atoms with Crippen molar-refractivity contribution in [2.75, 3.05) is 18.4 Å². The molecule has 0 aliphatic rings. The number of nitrogens with one attached hydrogen (secondary N) is 1. The van der Waals surface area contributed by atoms with Crippen molar-refractivity contribution < 1.29 is 0 Å². The lowest BCUT2D eigenvalue weighted by Gasteiger charge is -2.08. The third kappa shape index (κ3) is 2.07. The van der Waals surface area contributed by atoms with Gasteiger partial charge in [0.05, 0.1) is 0 Å². The van der Waals surface area contributed by atoms with Gasteiger partial charge in [0.1, 0.15) is 12.1 Å². The number of rotatable bonds is 4. The van der Waals surface area contributed by atoms with Crippen LogP contribution >= 0.6 is 0 Å². The summed E-state index contributed by atoms with van der Waals surface area (Å²) in [4.78, 5) is 4.16. The second kappa shape index (κ2) is 4.27. The van der Waals surface area contributed by atoms with E-state index in [2.05, 4.69) is 21.5 Å². The second-order valence-electron chi connectivity index (χ2n) is 3.52. The molecular weight excluding hydrogens is 190 g/mol. The Morgan fingerprint density at radius 1 is 1.47 bits per heavy atom. The highest BCUT2D eigenvalue weighted by Gasteiger charge is 2.02. The lowest BCUT2D eigenvalue weighted by Crippen LogP contribution is -2.11. The number of pyridine rings is 1. The van der Waals surface area contributed by atoms with Gasteiger partial charge in [-0.1, -0.05) is 0 Å². The van der Waals surface area contributed by atoms with Gasteiger partial charge < -0.3 is 11.1 Å². The summed E-state index contributed by atoms with van der Waals surface area (Å²) in [5.74, 6) is 0.968. The number of hydrogen-bond donors (Lipinski definition) is 2. The van der Waals surface area contributed by atoms with E-state index in [-0.39, 0.29) is 0 Å². The van der Waals surface area contributed by atoms with Crippen LogP contribution in [0.1, 0.15) is 12.0 Å². The van der Waals surface area contributed by atoms with Gasteiger partial charge in [0.15, 0.2) is 5.65 Å². The van der Waals surface area contributed by atoms with E-state index in [9.17, 15) is 0 Å². The standard InChI is InChI=1S/C10H15N5/c1-8-5-9(12-4-2-3-11)15-10(6-8)13-7-14-15/h5-7,12H,2-4,11H2,1H3. The van der Waals surface area contributed by atoms with Crippen molar-refractivity contribution >= 4 is 11.5 Å². The Morgan fingerprint density at radius 2 is 2.33 bits per heavy atom. The van der Waals surface area contributed by atoms with Crippen molar-refractivity contribution in [3.63, 3.8) is 0 Å². The molecule has 2 aromatic rings. The molecule has 0 saturated heterocycles. The van der Waals surface area contributed by atoms with Crippen molar-refractivity contribution in [2.24, 2.45) is 5.73 Å². The second-order valence-corrected chi connectivity index (χ2v) is 3.52. The first-order valence-electron chi connectivity index (χ1n) is 5.05. The average molecular weight is 205 g/mol. The summed E-state index contributed by atoms with van der Waals surface area (Å²) in [6.45, 7) is 3.59. The molecule has 5 nitrogen and oxygen atoms in total. The summed E-state index contributed by atoms with van der Waals surface area (Å²) in [6.07, 6.45) is 2.51. The lowest BCUT2D eigenvalue weighted by molar-refractivity contribution is 0.855. The normalized spacial score (nSPS) is 10.8. The van der Waals surface area contributed by atoms with Gasteiger partial charge in [-0.25, -0.2) is 4.98 Å². The summed E-state index contributed by atoms with van der Waals surface area (Å²) < 4.78 is 1.80. The zero-order chi connectivity index (χ0) is 10.7. The minimum Gasteiger partial charge on any atom is -0.370 e. The summed E-state index contributed by atoms with van der Waals surface area (Å²) in [7, 11) is 0. The van der Waals surface area contributed by atoms with Crippen LogP contribution in [0.3, 0.4) is 0 Å². The molecule has 2 rings (SSSR count). The fourth-order valence-corrected chi connectivity index (χ4v) is 1.50. The molecule has 0 spiro atoms. The molecule has 0 fully saturated rings. The zero-order valence-corrected chi connectivity index (χ0v) is 8.77. The van der Waals surface area contributed by atoms with Gasteiger partial charge in [0.25, 0.3) is 0 Å². The van der Waals surface area contributed by atoms with Crippen LogP contribution in [0.15, 0.2) is 18.5 Å². The fourth-order valence-electron chi connectivity index (χ4n) is 1.50. The van der Waals surface area contributed by atoms with Crippen molar-refractivity contribution in [1.29, 1.82) is 0 Å². The Balaban J connectivity index is 2.27. The lowest BCUT2D eigenvalue weighted by atomic mass is 10.3. The Kier molecular flexibility index (Phi) is 2.82. The number of nitrogens with zero attached hydrogens (tertiary/aromatic N) is 3. The van der Waals surface area contributed by atoms with Crippen LogP contribution in [0.2, 0.25) is 0 Å². The van der Waals surface area contributed by atoms with Gasteiger partial charge in [-0.15, -0.1) is 0 Å². The minimum absolute atomic E-state index is 0.694. The van der Waals surface area contributed by atoms with E-state index < -0.39 is 0 Å². The maximum atomic E-state index is 5.44. The Hall–Kier alpha value is -1.62. The first-order chi connectivity index (χ1) is 7.31. The molecule has 0 radical (unpaired) electrons. The molecule has 0 unspecified atom stereocenters. The summed E-state index contributed by atoms with van der Waals surface area (Å²) in [5.41, 5.74) is 7.48. The van der Waals surface area contributed by atoms with Crippen LogP contribution in [-0.2, 0) is 0 Å². The number of hydrogen-bond acceptors (Lipinski definition) is 4. The summed E-state index contributed by atoms with van der Waals surface area (Å²) in [5, 5.41) is 7.45. The molecule has 0 bridgehead atoms. The predicted molar refractivity (Wildman–Crippen MR) is 59.9 cm³/mol. The first kappa shape index (κ1) is 9.92. The van der Waals surface area contributed by atoms with Gasteiger partial charge >= 0.3 is 0 Å². The van der Waals surface area contributed by atoms with Crippen molar-refractivity contribution in [2.45, 2.75) is 13.3 Å². The topological polar surface area (TPSA) is 68.2 Å². The highest BCUT2D eigenvalue weighted by molar-refractivity contribution is 5.51. The third-order valence-corrected chi connectivity index (χ3v) is 2.21. The van der Waals surface area contributed by atoms with E-state index in [4.69, 9.17) is 5.73 Å². The third-order valence-electron chi connectivity index (χ3n) is 2.21. The fraction of sp³-hybridized carbons (Fsp3) is 0.400. The number of aromatic nitrogens is 3. The molecule has 0 aliphatic carbocycles. The highest BCUT2D eigenvalue weighted by atomic mass is 15.3. The molecule has 0 amide bonds. The number of aryl methyl sites for hydroxylation is 1. The molecule has 0 saturated carbocycles. The number of nitrogens with two attached hydrogens (primary N) is 1. The van der Waals surface area contributed by atoms with Crippen LogP contribution in [0.4, 0.5) is 5.82 Å². The van der Waals surface area contributed by atoms with E-state index in [0.29, 0.717) is 6.54 Å². The molecule has 0 atom stereocenters. The van der Waals surface area contributed by atoms with E-state index in [1.54, 1.807) is 10.8 Å². The number of fused-ring (bicyclic) bond motifs is 1. The smallest absolute Gasteiger partial charge is 0.157 e. The van der Waals surface area contributed by atoms with Crippen LogP contribution in [0.5, 0.6) is 0 Å². The van der Waals surface area contributed by atoms with Crippen LogP contribution < -0.4 is 11.1 Å². The average Bonchev–Trinajstić information content (AvgIpc) is 2.65. The zero-order valence-electron chi connectivity index (χ0n) is 8.77. The molecule has 2 heterocycles. The van der Waals surface area contributed by atoms with E-state index in [1.165, 1.54) is 5.56 Å². The Labute approximate surface area is 88.3 Å². The SMILES string of the molecule is Cc1cc(NCCCN)n2ncnc2c1.